The first kappa shape index (κ1) is 7.08. The van der Waals surface area contributed by atoms with Gasteiger partial charge in [-0.2, -0.15) is 4.98 Å². The van der Waals surface area contributed by atoms with Crippen LogP contribution in [0.2, 0.25) is 5.15 Å². The van der Waals surface area contributed by atoms with Crippen LogP contribution >= 0.6 is 11.6 Å². The van der Waals surface area contributed by atoms with Gasteiger partial charge in [-0.15, -0.1) is 0 Å². The van der Waals surface area contributed by atoms with E-state index in [9.17, 15) is 4.79 Å². The summed E-state index contributed by atoms with van der Waals surface area (Å²) in [6.07, 6.45) is 0. The SMILES string of the molecule is Cn1c(Cl)cc(N)nc1=O. The van der Waals surface area contributed by atoms with E-state index in [1.54, 1.807) is 0 Å². The fourth-order valence-electron chi connectivity index (χ4n) is 0.528. The highest BCUT2D eigenvalue weighted by Gasteiger charge is 1.97. The molecule has 10 heavy (non-hydrogen) atoms. The van der Waals surface area contributed by atoms with Crippen LogP contribution in [0, 0.1) is 0 Å². The molecule has 1 aromatic heterocycles. The summed E-state index contributed by atoms with van der Waals surface area (Å²) in [5.74, 6) is 0.146. The smallest absolute Gasteiger partial charge is 0.350 e. The summed E-state index contributed by atoms with van der Waals surface area (Å²) < 4.78 is 1.21. The second-order valence-electron chi connectivity index (χ2n) is 1.85. The molecule has 0 aromatic carbocycles. The lowest BCUT2D eigenvalue weighted by Gasteiger charge is -1.98. The zero-order valence-electron chi connectivity index (χ0n) is 5.34. The number of aromatic nitrogens is 2. The van der Waals surface area contributed by atoms with E-state index in [0.717, 1.165) is 0 Å². The van der Waals surface area contributed by atoms with Gasteiger partial charge in [0.2, 0.25) is 0 Å². The van der Waals surface area contributed by atoms with Crippen molar-refractivity contribution in [3.8, 4) is 0 Å². The Morgan fingerprint density at radius 2 is 2.40 bits per heavy atom. The summed E-state index contributed by atoms with van der Waals surface area (Å²) in [7, 11) is 1.52. The number of hydrogen-bond acceptors (Lipinski definition) is 3. The van der Waals surface area contributed by atoms with E-state index in [4.69, 9.17) is 17.3 Å². The van der Waals surface area contributed by atoms with E-state index in [1.165, 1.54) is 17.7 Å². The average Bonchev–Trinajstić information content (AvgIpc) is 1.82. The summed E-state index contributed by atoms with van der Waals surface area (Å²) >= 11 is 5.56. The third-order valence-corrected chi connectivity index (χ3v) is 1.46. The molecule has 4 nitrogen and oxygen atoms in total. The molecule has 0 aliphatic carbocycles. The van der Waals surface area contributed by atoms with Gasteiger partial charge in [-0.1, -0.05) is 11.6 Å². The Hall–Kier alpha value is -1.03. The van der Waals surface area contributed by atoms with Gasteiger partial charge in [0.25, 0.3) is 0 Å². The van der Waals surface area contributed by atoms with E-state index in [0.29, 0.717) is 0 Å². The van der Waals surface area contributed by atoms with Crippen molar-refractivity contribution >= 4 is 17.4 Å². The molecule has 0 unspecified atom stereocenters. The molecule has 54 valence electrons. The number of hydrogen-bond donors (Lipinski definition) is 1. The van der Waals surface area contributed by atoms with Gasteiger partial charge >= 0.3 is 5.69 Å². The largest absolute Gasteiger partial charge is 0.383 e. The fourth-order valence-corrected chi connectivity index (χ4v) is 0.712. The molecule has 1 rings (SSSR count). The monoisotopic (exact) mass is 159 g/mol. The Balaban J connectivity index is 3.46. The zero-order valence-corrected chi connectivity index (χ0v) is 6.09. The van der Waals surface area contributed by atoms with Crippen LogP contribution in [0.5, 0.6) is 0 Å². The van der Waals surface area contributed by atoms with Crippen LogP contribution in [0.4, 0.5) is 5.82 Å². The maximum atomic E-state index is 10.7. The van der Waals surface area contributed by atoms with Crippen molar-refractivity contribution < 1.29 is 0 Å². The van der Waals surface area contributed by atoms with Gasteiger partial charge in [0.15, 0.2) is 0 Å². The van der Waals surface area contributed by atoms with Crippen LogP contribution in [0.25, 0.3) is 0 Å². The number of anilines is 1. The first-order valence-corrected chi connectivity index (χ1v) is 2.98. The number of halogens is 1. The van der Waals surface area contributed by atoms with E-state index in [1.807, 2.05) is 0 Å². The standard InChI is InChI=1S/C5H6ClN3O/c1-9-3(6)2-4(7)8-5(9)10/h2H,1H3,(H2,7,8,10). The molecule has 0 saturated heterocycles. The number of nitrogens with zero attached hydrogens (tertiary/aromatic N) is 2. The average molecular weight is 160 g/mol. The first-order chi connectivity index (χ1) is 4.61. The summed E-state index contributed by atoms with van der Waals surface area (Å²) in [6.45, 7) is 0. The minimum absolute atomic E-state index is 0.146. The number of rotatable bonds is 0. The van der Waals surface area contributed by atoms with Gasteiger partial charge in [0, 0.05) is 13.1 Å². The molecular formula is C5H6ClN3O. The topological polar surface area (TPSA) is 60.9 Å². The molecule has 0 aliphatic heterocycles. The normalized spacial score (nSPS) is 9.80. The lowest BCUT2D eigenvalue weighted by molar-refractivity contribution is 0.815. The molecule has 0 saturated carbocycles. The predicted octanol–water partition coefficient (Wildman–Crippen LogP) is 0.0159. The maximum Gasteiger partial charge on any atom is 0.350 e. The molecule has 0 radical (unpaired) electrons. The minimum Gasteiger partial charge on any atom is -0.383 e. The zero-order chi connectivity index (χ0) is 7.72. The molecular weight excluding hydrogens is 154 g/mol. The quantitative estimate of drug-likeness (QED) is 0.543. The third kappa shape index (κ3) is 1.11. The van der Waals surface area contributed by atoms with Gasteiger partial charge in [0.05, 0.1) is 0 Å². The van der Waals surface area contributed by atoms with Crippen LogP contribution in [0.3, 0.4) is 0 Å². The molecule has 0 amide bonds. The van der Waals surface area contributed by atoms with Crippen molar-refractivity contribution in [3.63, 3.8) is 0 Å². The highest BCUT2D eigenvalue weighted by Crippen LogP contribution is 2.04. The summed E-state index contributed by atoms with van der Waals surface area (Å²) in [6, 6.07) is 1.42. The molecule has 1 aromatic rings. The molecule has 0 fully saturated rings. The molecule has 0 bridgehead atoms. The second kappa shape index (κ2) is 2.30. The molecule has 1 heterocycles. The van der Waals surface area contributed by atoms with Crippen LogP contribution < -0.4 is 11.4 Å². The molecule has 5 heteroatoms. The van der Waals surface area contributed by atoms with Gasteiger partial charge in [0.1, 0.15) is 11.0 Å². The van der Waals surface area contributed by atoms with Gasteiger partial charge in [-0.3, -0.25) is 4.57 Å². The Labute approximate surface area is 62.3 Å². The predicted molar refractivity (Wildman–Crippen MR) is 38.9 cm³/mol. The van der Waals surface area contributed by atoms with Crippen molar-refractivity contribution in [2.75, 3.05) is 5.73 Å². The number of nitrogens with two attached hydrogens (primary N) is 1. The highest BCUT2D eigenvalue weighted by atomic mass is 35.5. The first-order valence-electron chi connectivity index (χ1n) is 2.60. The van der Waals surface area contributed by atoms with E-state index in [-0.39, 0.29) is 11.0 Å². The number of nitrogen functional groups attached to an aromatic ring is 1. The van der Waals surface area contributed by atoms with Crippen LogP contribution in [0.15, 0.2) is 10.9 Å². The van der Waals surface area contributed by atoms with Gasteiger partial charge in [-0.05, 0) is 0 Å². The molecule has 2 N–H and O–H groups in total. The Morgan fingerprint density at radius 1 is 1.80 bits per heavy atom. The van der Waals surface area contributed by atoms with E-state index >= 15 is 0 Å². The highest BCUT2D eigenvalue weighted by molar-refractivity contribution is 6.29. The Bertz CT molecular complexity index is 306. The molecule has 0 aliphatic rings. The second-order valence-corrected chi connectivity index (χ2v) is 2.23. The van der Waals surface area contributed by atoms with Crippen molar-refractivity contribution in [1.82, 2.24) is 9.55 Å². The van der Waals surface area contributed by atoms with Crippen LogP contribution in [-0.2, 0) is 7.05 Å². The van der Waals surface area contributed by atoms with Crippen LogP contribution in [-0.4, -0.2) is 9.55 Å². The van der Waals surface area contributed by atoms with Crippen molar-refractivity contribution in [2.45, 2.75) is 0 Å². The lowest BCUT2D eigenvalue weighted by Crippen LogP contribution is -2.21. The van der Waals surface area contributed by atoms with Gasteiger partial charge in [-0.25, -0.2) is 4.79 Å². The fraction of sp³-hybridized carbons (Fsp3) is 0.200. The van der Waals surface area contributed by atoms with Crippen molar-refractivity contribution in [3.05, 3.63) is 21.7 Å². The molecule has 0 atom stereocenters. The van der Waals surface area contributed by atoms with Crippen molar-refractivity contribution in [1.29, 1.82) is 0 Å². The lowest BCUT2D eigenvalue weighted by atomic mass is 10.6. The van der Waals surface area contributed by atoms with Crippen LogP contribution in [0.1, 0.15) is 0 Å². The Kier molecular flexibility index (Phi) is 1.63. The maximum absolute atomic E-state index is 10.7. The molecule has 0 spiro atoms. The Morgan fingerprint density at radius 3 is 2.90 bits per heavy atom. The summed E-state index contributed by atoms with van der Waals surface area (Å²) in [4.78, 5) is 14.2. The summed E-state index contributed by atoms with van der Waals surface area (Å²) in [5, 5.41) is 0.289. The third-order valence-electron chi connectivity index (χ3n) is 1.10. The van der Waals surface area contributed by atoms with E-state index < -0.39 is 5.69 Å². The van der Waals surface area contributed by atoms with E-state index in [2.05, 4.69) is 4.98 Å². The van der Waals surface area contributed by atoms with Crippen molar-refractivity contribution in [2.24, 2.45) is 7.05 Å². The summed E-state index contributed by atoms with van der Waals surface area (Å²) in [5.41, 5.74) is 4.78. The van der Waals surface area contributed by atoms with Gasteiger partial charge < -0.3 is 5.73 Å². The minimum atomic E-state index is -0.440.